The number of anilines is 1. The van der Waals surface area contributed by atoms with Gasteiger partial charge in [0.05, 0.1) is 18.7 Å². The molecule has 1 heterocycles. The highest BCUT2D eigenvalue weighted by atomic mass is 16.3. The number of allylic oxidation sites excluding steroid dienone is 1. The molecule has 4 heteroatoms. The van der Waals surface area contributed by atoms with Gasteiger partial charge in [-0.1, -0.05) is 84.9 Å². The van der Waals surface area contributed by atoms with Crippen LogP contribution in [0.25, 0.3) is 6.08 Å². The van der Waals surface area contributed by atoms with E-state index in [1.54, 1.807) is 29.2 Å². The molecular weight excluding hydrogens is 362 g/mol. The molecule has 1 atom stereocenters. The number of para-hydroxylation sites is 1. The van der Waals surface area contributed by atoms with Gasteiger partial charge < -0.3 is 10.0 Å². The molecule has 0 unspecified atom stereocenters. The number of rotatable bonds is 6. The second-order valence-corrected chi connectivity index (χ2v) is 7.14. The van der Waals surface area contributed by atoms with Crippen molar-refractivity contribution in [3.8, 4) is 0 Å². The van der Waals surface area contributed by atoms with Crippen LogP contribution in [0.2, 0.25) is 0 Å². The van der Waals surface area contributed by atoms with E-state index in [1.807, 2.05) is 66.7 Å². The van der Waals surface area contributed by atoms with Crippen LogP contribution in [0, 0.1) is 0 Å². The smallest absolute Gasteiger partial charge is 0.264 e. The van der Waals surface area contributed by atoms with Crippen LogP contribution in [-0.4, -0.2) is 16.8 Å². The van der Waals surface area contributed by atoms with Crippen LogP contribution in [0.4, 0.5) is 5.69 Å². The van der Waals surface area contributed by atoms with E-state index in [9.17, 15) is 14.7 Å². The Balaban J connectivity index is 1.60. The maximum atomic E-state index is 13.2. The van der Waals surface area contributed by atoms with Gasteiger partial charge in [0.15, 0.2) is 11.4 Å². The van der Waals surface area contributed by atoms with Crippen LogP contribution in [0.3, 0.4) is 0 Å². The number of carbonyl (C=O) groups excluding carboxylic acids is 2. The van der Waals surface area contributed by atoms with Crippen molar-refractivity contribution in [1.29, 1.82) is 0 Å². The van der Waals surface area contributed by atoms with Crippen molar-refractivity contribution >= 4 is 23.5 Å². The summed E-state index contributed by atoms with van der Waals surface area (Å²) in [5, 5.41) is 11.3. The highest BCUT2D eigenvalue weighted by Gasteiger charge is 2.50. The largest absolute Gasteiger partial charge is 0.375 e. The first-order valence-corrected chi connectivity index (χ1v) is 9.52. The van der Waals surface area contributed by atoms with Gasteiger partial charge in [0.2, 0.25) is 0 Å². The summed E-state index contributed by atoms with van der Waals surface area (Å²) in [5.41, 5.74) is 1.10. The van der Waals surface area contributed by atoms with Crippen molar-refractivity contribution < 1.29 is 14.7 Å². The van der Waals surface area contributed by atoms with Crippen LogP contribution < -0.4 is 4.90 Å². The third-order valence-corrected chi connectivity index (χ3v) is 5.11. The Morgan fingerprint density at radius 2 is 1.52 bits per heavy atom. The van der Waals surface area contributed by atoms with Crippen molar-refractivity contribution in [3.63, 3.8) is 0 Å². The summed E-state index contributed by atoms with van der Waals surface area (Å²) in [6, 6.07) is 26.2. The van der Waals surface area contributed by atoms with Gasteiger partial charge in [-0.15, -0.1) is 0 Å². The normalized spacial score (nSPS) is 18.2. The van der Waals surface area contributed by atoms with Crippen LogP contribution in [0.5, 0.6) is 0 Å². The number of hydrogen-bond acceptors (Lipinski definition) is 3. The second-order valence-electron chi connectivity index (χ2n) is 7.14. The first kappa shape index (κ1) is 18.8. The van der Waals surface area contributed by atoms with E-state index in [4.69, 9.17) is 0 Å². The Kier molecular flexibility index (Phi) is 5.10. The molecule has 0 aliphatic carbocycles. The van der Waals surface area contributed by atoms with Crippen molar-refractivity contribution in [1.82, 2.24) is 0 Å². The van der Waals surface area contributed by atoms with E-state index in [0.29, 0.717) is 17.8 Å². The Bertz CT molecular complexity index is 1060. The van der Waals surface area contributed by atoms with E-state index in [-0.39, 0.29) is 12.2 Å². The Labute approximate surface area is 169 Å². The molecule has 1 aliphatic heterocycles. The number of carbonyl (C=O) groups is 2. The Morgan fingerprint density at radius 3 is 2.24 bits per heavy atom. The van der Waals surface area contributed by atoms with Crippen LogP contribution in [0.1, 0.15) is 23.1 Å². The lowest BCUT2D eigenvalue weighted by Crippen LogP contribution is -2.41. The average molecular weight is 383 g/mol. The standard InChI is InChI=1S/C25H21NO3/c27-21(16-15-19-9-3-1-4-10-19)17-25(29)22-13-7-8-14-23(22)26(24(25)28)18-20-11-5-2-6-12-20/h1-16,29H,17-18H2/b16-15-/t25-/m1/s1. The molecule has 4 rings (SSSR count). The molecule has 1 amide bonds. The van der Waals surface area contributed by atoms with E-state index in [0.717, 1.165) is 11.1 Å². The Hall–Kier alpha value is -3.50. The quantitative estimate of drug-likeness (QED) is 0.652. The fourth-order valence-electron chi connectivity index (χ4n) is 3.66. The number of amides is 1. The first-order chi connectivity index (χ1) is 14.1. The van der Waals surface area contributed by atoms with E-state index in [2.05, 4.69) is 0 Å². The number of ketones is 1. The number of fused-ring (bicyclic) bond motifs is 1. The second kappa shape index (κ2) is 7.86. The van der Waals surface area contributed by atoms with Gasteiger partial charge in [0, 0.05) is 5.56 Å². The van der Waals surface area contributed by atoms with E-state index >= 15 is 0 Å². The van der Waals surface area contributed by atoms with Gasteiger partial charge in [-0.25, -0.2) is 0 Å². The summed E-state index contributed by atoms with van der Waals surface area (Å²) in [7, 11) is 0. The van der Waals surface area contributed by atoms with Crippen LogP contribution >= 0.6 is 0 Å². The molecule has 0 spiro atoms. The fraction of sp³-hybridized carbons (Fsp3) is 0.120. The zero-order valence-electron chi connectivity index (χ0n) is 15.9. The molecule has 4 nitrogen and oxygen atoms in total. The molecule has 0 bridgehead atoms. The fourth-order valence-corrected chi connectivity index (χ4v) is 3.66. The maximum absolute atomic E-state index is 13.2. The minimum Gasteiger partial charge on any atom is -0.375 e. The number of hydrogen-bond donors (Lipinski definition) is 1. The zero-order chi connectivity index (χ0) is 20.3. The van der Waals surface area contributed by atoms with Crippen molar-refractivity contribution in [2.45, 2.75) is 18.6 Å². The minimum atomic E-state index is -1.86. The minimum absolute atomic E-state index is 0.294. The molecule has 29 heavy (non-hydrogen) atoms. The predicted molar refractivity (Wildman–Crippen MR) is 113 cm³/mol. The lowest BCUT2D eigenvalue weighted by atomic mass is 9.89. The van der Waals surface area contributed by atoms with Crippen molar-refractivity contribution in [2.75, 3.05) is 4.90 Å². The zero-order valence-corrected chi connectivity index (χ0v) is 15.9. The Morgan fingerprint density at radius 1 is 0.897 bits per heavy atom. The van der Waals surface area contributed by atoms with E-state index < -0.39 is 11.5 Å². The van der Waals surface area contributed by atoms with Gasteiger partial charge in [0.1, 0.15) is 0 Å². The summed E-state index contributed by atoms with van der Waals surface area (Å²) in [4.78, 5) is 27.3. The molecule has 0 saturated heterocycles. The first-order valence-electron chi connectivity index (χ1n) is 9.52. The molecule has 0 fully saturated rings. The SMILES string of the molecule is O=C(/C=C\c1ccccc1)C[C@]1(O)C(=O)N(Cc2ccccc2)c2ccccc21. The van der Waals surface area contributed by atoms with E-state index in [1.165, 1.54) is 6.08 Å². The summed E-state index contributed by atoms with van der Waals surface area (Å²) in [6.07, 6.45) is 2.82. The maximum Gasteiger partial charge on any atom is 0.264 e. The van der Waals surface area contributed by atoms with Gasteiger partial charge >= 0.3 is 0 Å². The number of nitrogens with zero attached hydrogens (tertiary/aromatic N) is 1. The van der Waals surface area contributed by atoms with Gasteiger partial charge in [0.25, 0.3) is 5.91 Å². The molecule has 1 N–H and O–H groups in total. The molecule has 1 aliphatic rings. The highest BCUT2D eigenvalue weighted by molar-refractivity contribution is 6.10. The lowest BCUT2D eigenvalue weighted by molar-refractivity contribution is -0.140. The van der Waals surface area contributed by atoms with Crippen LogP contribution in [0.15, 0.2) is 91.0 Å². The molecule has 0 saturated carbocycles. The summed E-state index contributed by atoms with van der Waals surface area (Å²) < 4.78 is 0. The predicted octanol–water partition coefficient (Wildman–Crippen LogP) is 4.09. The topological polar surface area (TPSA) is 57.6 Å². The average Bonchev–Trinajstić information content (AvgIpc) is 2.96. The third-order valence-electron chi connectivity index (χ3n) is 5.11. The highest BCUT2D eigenvalue weighted by Crippen LogP contribution is 2.43. The molecule has 3 aromatic rings. The van der Waals surface area contributed by atoms with Gasteiger partial charge in [-0.05, 0) is 23.3 Å². The molecular formula is C25H21NO3. The molecule has 0 aromatic heterocycles. The summed E-state index contributed by atoms with van der Waals surface area (Å²) in [6.45, 7) is 0.340. The lowest BCUT2D eigenvalue weighted by Gasteiger charge is -2.22. The monoisotopic (exact) mass is 383 g/mol. The number of benzene rings is 3. The molecule has 0 radical (unpaired) electrons. The third kappa shape index (κ3) is 3.75. The van der Waals surface area contributed by atoms with Crippen LogP contribution in [-0.2, 0) is 21.7 Å². The van der Waals surface area contributed by atoms with Gasteiger partial charge in [-0.3, -0.25) is 9.59 Å². The molecule has 144 valence electrons. The van der Waals surface area contributed by atoms with Gasteiger partial charge in [-0.2, -0.15) is 0 Å². The van der Waals surface area contributed by atoms with Crippen molar-refractivity contribution in [2.24, 2.45) is 0 Å². The summed E-state index contributed by atoms with van der Waals surface area (Å²) >= 11 is 0. The van der Waals surface area contributed by atoms with Crippen molar-refractivity contribution in [3.05, 3.63) is 108 Å². The summed E-state index contributed by atoms with van der Waals surface area (Å²) in [5.74, 6) is -0.773. The number of aliphatic hydroxyl groups is 1. The molecule has 3 aromatic carbocycles.